The van der Waals surface area contributed by atoms with Crippen LogP contribution in [0.3, 0.4) is 0 Å². The average Bonchev–Trinajstić information content (AvgIpc) is 2.69. The van der Waals surface area contributed by atoms with Crippen molar-refractivity contribution in [2.75, 3.05) is 19.6 Å². The van der Waals surface area contributed by atoms with Crippen molar-refractivity contribution in [2.24, 2.45) is 5.92 Å². The summed E-state index contributed by atoms with van der Waals surface area (Å²) in [6.07, 6.45) is 4.99. The van der Waals surface area contributed by atoms with Gasteiger partial charge < -0.3 is 4.90 Å². The second-order valence-electron chi connectivity index (χ2n) is 8.08. The zero-order valence-electron chi connectivity index (χ0n) is 17.2. The van der Waals surface area contributed by atoms with Gasteiger partial charge in [-0.25, -0.2) is 8.78 Å². The van der Waals surface area contributed by atoms with Crippen molar-refractivity contribution in [3.05, 3.63) is 71.3 Å². The van der Waals surface area contributed by atoms with Crippen molar-refractivity contribution >= 4 is 0 Å². The first-order chi connectivity index (χ1) is 14.1. The van der Waals surface area contributed by atoms with Gasteiger partial charge in [0.25, 0.3) is 0 Å². The van der Waals surface area contributed by atoms with Crippen LogP contribution in [0.25, 0.3) is 0 Å². The number of hydrogen-bond acceptors (Lipinski definition) is 2. The van der Waals surface area contributed by atoms with Gasteiger partial charge in [0, 0.05) is 12.1 Å². The summed E-state index contributed by atoms with van der Waals surface area (Å²) in [7, 11) is 0. The Morgan fingerprint density at radius 1 is 1.03 bits per heavy atom. The van der Waals surface area contributed by atoms with Crippen LogP contribution >= 0.6 is 0 Å². The Kier molecular flexibility index (Phi) is 7.39. The second kappa shape index (κ2) is 9.98. The molecule has 2 aromatic carbocycles. The van der Waals surface area contributed by atoms with E-state index >= 15 is 0 Å². The van der Waals surface area contributed by atoms with Gasteiger partial charge in [0.15, 0.2) is 0 Å². The zero-order valence-corrected chi connectivity index (χ0v) is 17.2. The van der Waals surface area contributed by atoms with Crippen molar-refractivity contribution in [1.82, 2.24) is 4.90 Å². The van der Waals surface area contributed by atoms with Crippen molar-refractivity contribution in [3.8, 4) is 6.07 Å². The molecular weight excluding hydrogens is 366 g/mol. The summed E-state index contributed by atoms with van der Waals surface area (Å²) < 4.78 is 29.2. The molecule has 0 saturated heterocycles. The largest absolute Gasteiger partial charge is 0.303 e. The van der Waals surface area contributed by atoms with E-state index in [0.29, 0.717) is 6.42 Å². The molecule has 0 aliphatic heterocycles. The smallest absolute Gasteiger partial charge is 0.130 e. The molecule has 0 aromatic heterocycles. The molecule has 1 saturated carbocycles. The van der Waals surface area contributed by atoms with Crippen LogP contribution in [0.2, 0.25) is 0 Å². The van der Waals surface area contributed by atoms with Gasteiger partial charge in [-0.2, -0.15) is 5.26 Å². The van der Waals surface area contributed by atoms with Crippen LogP contribution < -0.4 is 0 Å². The maximum absolute atomic E-state index is 14.6. The molecule has 1 fully saturated rings. The topological polar surface area (TPSA) is 27.0 Å². The number of nitriles is 1. The Labute approximate surface area is 173 Å². The third-order valence-electron chi connectivity index (χ3n) is 6.46. The van der Waals surface area contributed by atoms with Crippen molar-refractivity contribution in [1.29, 1.82) is 5.26 Å². The highest BCUT2D eigenvalue weighted by Crippen LogP contribution is 2.48. The standard InChI is InChI=1S/C25H30F2N2/c1-2-29(18-15-20-9-4-3-5-10-20)17-8-16-25(19-28,21-11-6-12-21)24-22(26)13-7-14-23(24)27/h3-5,7,9-10,13-14,21H,2,6,8,11-12,15-18H2,1H3. The summed E-state index contributed by atoms with van der Waals surface area (Å²) in [5.74, 6) is -1.14. The van der Waals surface area contributed by atoms with Gasteiger partial charge >= 0.3 is 0 Å². The maximum atomic E-state index is 14.6. The van der Waals surface area contributed by atoms with Crippen LogP contribution in [0, 0.1) is 28.9 Å². The minimum atomic E-state index is -1.06. The van der Waals surface area contributed by atoms with E-state index in [-0.39, 0.29) is 11.5 Å². The van der Waals surface area contributed by atoms with Gasteiger partial charge in [-0.3, -0.25) is 0 Å². The van der Waals surface area contributed by atoms with E-state index in [1.807, 2.05) is 6.07 Å². The van der Waals surface area contributed by atoms with E-state index in [2.05, 4.69) is 42.2 Å². The van der Waals surface area contributed by atoms with Crippen LogP contribution in [0.15, 0.2) is 48.5 Å². The molecule has 0 bridgehead atoms. The van der Waals surface area contributed by atoms with E-state index in [0.717, 1.165) is 51.7 Å². The van der Waals surface area contributed by atoms with E-state index in [1.54, 1.807) is 0 Å². The molecule has 2 nitrogen and oxygen atoms in total. The number of nitrogens with zero attached hydrogens (tertiary/aromatic N) is 2. The molecule has 2 aromatic rings. The highest BCUT2D eigenvalue weighted by Gasteiger charge is 2.46. The van der Waals surface area contributed by atoms with Crippen LogP contribution in [-0.2, 0) is 11.8 Å². The third kappa shape index (κ3) is 4.85. The molecule has 0 radical (unpaired) electrons. The first-order valence-electron chi connectivity index (χ1n) is 10.7. The van der Waals surface area contributed by atoms with Crippen LogP contribution in [0.4, 0.5) is 8.78 Å². The summed E-state index contributed by atoms with van der Waals surface area (Å²) in [5, 5.41) is 10.1. The Hall–Kier alpha value is -2.25. The fraction of sp³-hybridized carbons (Fsp3) is 0.480. The van der Waals surface area contributed by atoms with Gasteiger partial charge in [-0.05, 0) is 68.8 Å². The lowest BCUT2D eigenvalue weighted by atomic mass is 9.60. The van der Waals surface area contributed by atoms with E-state index in [9.17, 15) is 14.0 Å². The van der Waals surface area contributed by atoms with E-state index in [1.165, 1.54) is 23.8 Å². The quantitative estimate of drug-likeness (QED) is 0.502. The fourth-order valence-corrected chi connectivity index (χ4v) is 4.50. The van der Waals surface area contributed by atoms with Crippen molar-refractivity contribution in [3.63, 3.8) is 0 Å². The molecule has 0 spiro atoms. The highest BCUT2D eigenvalue weighted by atomic mass is 19.1. The van der Waals surface area contributed by atoms with Gasteiger partial charge in [0.05, 0.1) is 11.5 Å². The summed E-state index contributed by atoms with van der Waals surface area (Å²) in [6.45, 7) is 4.82. The predicted molar refractivity (Wildman–Crippen MR) is 112 cm³/mol. The minimum absolute atomic E-state index is 0.0143. The highest BCUT2D eigenvalue weighted by molar-refractivity contribution is 5.37. The average molecular weight is 397 g/mol. The van der Waals surface area contributed by atoms with Crippen LogP contribution in [0.5, 0.6) is 0 Å². The first kappa shape index (κ1) is 21.5. The van der Waals surface area contributed by atoms with E-state index < -0.39 is 17.0 Å². The fourth-order valence-electron chi connectivity index (χ4n) is 4.50. The summed E-state index contributed by atoms with van der Waals surface area (Å²) in [6, 6.07) is 16.7. The monoisotopic (exact) mass is 396 g/mol. The number of benzene rings is 2. The maximum Gasteiger partial charge on any atom is 0.130 e. The normalized spacial score (nSPS) is 16.2. The molecule has 1 aliphatic carbocycles. The van der Waals surface area contributed by atoms with Crippen LogP contribution in [-0.4, -0.2) is 24.5 Å². The van der Waals surface area contributed by atoms with Crippen molar-refractivity contribution < 1.29 is 8.78 Å². The lowest BCUT2D eigenvalue weighted by molar-refractivity contribution is 0.178. The lowest BCUT2D eigenvalue weighted by Crippen LogP contribution is -2.40. The molecule has 0 amide bonds. The van der Waals surface area contributed by atoms with E-state index in [4.69, 9.17) is 0 Å². The zero-order chi connectivity index (χ0) is 20.7. The van der Waals surface area contributed by atoms with Gasteiger partial charge in [-0.15, -0.1) is 0 Å². The number of likely N-dealkylation sites (N-methyl/N-ethyl adjacent to an activating group) is 1. The Morgan fingerprint density at radius 3 is 2.28 bits per heavy atom. The molecule has 1 aliphatic rings. The Morgan fingerprint density at radius 2 is 1.72 bits per heavy atom. The molecule has 1 atom stereocenters. The van der Waals surface area contributed by atoms with Gasteiger partial charge in [-0.1, -0.05) is 49.7 Å². The lowest BCUT2D eigenvalue weighted by Gasteiger charge is -2.41. The minimum Gasteiger partial charge on any atom is -0.303 e. The first-order valence-corrected chi connectivity index (χ1v) is 10.7. The molecular formula is C25H30F2N2. The number of rotatable bonds is 10. The number of halogens is 2. The molecule has 0 N–H and O–H groups in total. The van der Waals surface area contributed by atoms with Crippen LogP contribution in [0.1, 0.15) is 50.2 Å². The molecule has 154 valence electrons. The van der Waals surface area contributed by atoms with Gasteiger partial charge in [0.1, 0.15) is 11.6 Å². The molecule has 0 heterocycles. The SMILES string of the molecule is CCN(CCCC(C#N)(c1c(F)cccc1F)C1CCC1)CCc1ccccc1. The van der Waals surface area contributed by atoms with Crippen molar-refractivity contribution in [2.45, 2.75) is 50.9 Å². The summed E-state index contributed by atoms with van der Waals surface area (Å²) in [4.78, 5) is 2.35. The predicted octanol–water partition coefficient (Wildman–Crippen LogP) is 5.87. The molecule has 1 unspecified atom stereocenters. The molecule has 3 rings (SSSR count). The summed E-state index contributed by atoms with van der Waals surface area (Å²) in [5.41, 5.74) is 0.228. The molecule has 4 heteroatoms. The number of hydrogen-bond donors (Lipinski definition) is 0. The summed E-state index contributed by atoms with van der Waals surface area (Å²) >= 11 is 0. The second-order valence-corrected chi connectivity index (χ2v) is 8.08. The molecule has 29 heavy (non-hydrogen) atoms. The third-order valence-corrected chi connectivity index (χ3v) is 6.46. The van der Waals surface area contributed by atoms with Gasteiger partial charge in [0.2, 0.25) is 0 Å². The Balaban J connectivity index is 1.68. The Bertz CT molecular complexity index is 806.